The normalized spacial score (nSPS) is 11.7. The SMILES string of the molecule is CO/N=C(\C)c1sc(-c2cncc(F)c2)nc1Cl. The lowest BCUT2D eigenvalue weighted by molar-refractivity contribution is 0.213. The van der Waals surface area contributed by atoms with Gasteiger partial charge in [0.05, 0.1) is 16.8 Å². The Hall–Kier alpha value is -1.53. The number of aromatic nitrogens is 2. The molecule has 0 bridgehead atoms. The minimum atomic E-state index is -0.414. The van der Waals surface area contributed by atoms with Crippen LogP contribution in [0.2, 0.25) is 5.15 Å². The second-order valence-electron chi connectivity index (χ2n) is 3.39. The molecule has 0 aliphatic heterocycles. The molecule has 94 valence electrons. The van der Waals surface area contributed by atoms with Crippen molar-refractivity contribution in [2.24, 2.45) is 5.16 Å². The average Bonchev–Trinajstić information content (AvgIpc) is 2.72. The van der Waals surface area contributed by atoms with Crippen molar-refractivity contribution in [1.82, 2.24) is 9.97 Å². The van der Waals surface area contributed by atoms with Crippen LogP contribution in [0.1, 0.15) is 11.8 Å². The van der Waals surface area contributed by atoms with Crippen LogP contribution in [0.4, 0.5) is 4.39 Å². The van der Waals surface area contributed by atoms with Gasteiger partial charge in [-0.25, -0.2) is 9.37 Å². The van der Waals surface area contributed by atoms with Gasteiger partial charge < -0.3 is 4.84 Å². The highest BCUT2D eigenvalue weighted by Gasteiger charge is 2.14. The van der Waals surface area contributed by atoms with Crippen LogP contribution in [-0.4, -0.2) is 22.8 Å². The maximum absolute atomic E-state index is 13.1. The summed E-state index contributed by atoms with van der Waals surface area (Å²) in [7, 11) is 1.45. The van der Waals surface area contributed by atoms with E-state index in [2.05, 4.69) is 20.0 Å². The van der Waals surface area contributed by atoms with E-state index in [0.717, 1.165) is 6.20 Å². The van der Waals surface area contributed by atoms with E-state index in [1.54, 1.807) is 6.92 Å². The number of pyridine rings is 1. The average molecular weight is 286 g/mol. The molecule has 2 aromatic rings. The maximum atomic E-state index is 13.1. The second-order valence-corrected chi connectivity index (χ2v) is 4.75. The second kappa shape index (κ2) is 5.41. The number of hydrogen-bond acceptors (Lipinski definition) is 5. The van der Waals surface area contributed by atoms with Crippen molar-refractivity contribution in [2.75, 3.05) is 7.11 Å². The molecule has 2 heterocycles. The van der Waals surface area contributed by atoms with Crippen molar-refractivity contribution in [3.8, 4) is 10.6 Å². The minimum Gasteiger partial charge on any atom is -0.399 e. The Labute approximate surface area is 112 Å². The molecule has 0 saturated heterocycles. The number of oxime groups is 1. The van der Waals surface area contributed by atoms with Crippen LogP contribution in [0.5, 0.6) is 0 Å². The molecule has 0 unspecified atom stereocenters. The molecule has 18 heavy (non-hydrogen) atoms. The van der Waals surface area contributed by atoms with E-state index in [9.17, 15) is 4.39 Å². The van der Waals surface area contributed by atoms with Crippen molar-refractivity contribution < 1.29 is 9.23 Å². The molecule has 4 nitrogen and oxygen atoms in total. The lowest BCUT2D eigenvalue weighted by atomic mass is 10.3. The van der Waals surface area contributed by atoms with Crippen molar-refractivity contribution in [1.29, 1.82) is 0 Å². The molecule has 0 aliphatic rings. The molecular weight excluding hydrogens is 277 g/mol. The van der Waals surface area contributed by atoms with Crippen molar-refractivity contribution in [3.05, 3.63) is 34.3 Å². The van der Waals surface area contributed by atoms with E-state index in [4.69, 9.17) is 11.6 Å². The number of halogens is 2. The van der Waals surface area contributed by atoms with Crippen LogP contribution in [0.3, 0.4) is 0 Å². The molecule has 0 spiro atoms. The van der Waals surface area contributed by atoms with E-state index in [-0.39, 0.29) is 0 Å². The summed E-state index contributed by atoms with van der Waals surface area (Å²) in [5, 5.41) is 4.70. The molecule has 0 amide bonds. The first-order valence-corrected chi connectivity index (χ1v) is 6.16. The van der Waals surface area contributed by atoms with Crippen molar-refractivity contribution in [3.63, 3.8) is 0 Å². The van der Waals surface area contributed by atoms with Gasteiger partial charge in [0.1, 0.15) is 23.1 Å². The van der Waals surface area contributed by atoms with Gasteiger partial charge in [-0.1, -0.05) is 16.8 Å². The highest BCUT2D eigenvalue weighted by Crippen LogP contribution is 2.31. The number of thiazole rings is 1. The monoisotopic (exact) mass is 285 g/mol. The van der Waals surface area contributed by atoms with Crippen LogP contribution < -0.4 is 0 Å². The fraction of sp³-hybridized carbons (Fsp3) is 0.182. The smallest absolute Gasteiger partial charge is 0.149 e. The molecule has 2 aromatic heterocycles. The van der Waals surface area contributed by atoms with Crippen LogP contribution in [-0.2, 0) is 4.84 Å². The van der Waals surface area contributed by atoms with E-state index < -0.39 is 5.82 Å². The summed E-state index contributed by atoms with van der Waals surface area (Å²) >= 11 is 7.32. The van der Waals surface area contributed by atoms with Gasteiger partial charge in [-0.3, -0.25) is 4.98 Å². The Kier molecular flexibility index (Phi) is 3.88. The van der Waals surface area contributed by atoms with Gasteiger partial charge in [0.15, 0.2) is 0 Å². The highest BCUT2D eigenvalue weighted by molar-refractivity contribution is 7.17. The number of nitrogens with zero attached hydrogens (tertiary/aromatic N) is 3. The lowest BCUT2D eigenvalue weighted by Crippen LogP contribution is -1.91. The number of hydrogen-bond donors (Lipinski definition) is 0. The van der Waals surface area contributed by atoms with Crippen molar-refractivity contribution in [2.45, 2.75) is 6.92 Å². The predicted molar refractivity (Wildman–Crippen MR) is 69.5 cm³/mol. The lowest BCUT2D eigenvalue weighted by Gasteiger charge is -1.95. The molecule has 0 aliphatic carbocycles. The predicted octanol–water partition coefficient (Wildman–Crippen LogP) is 3.37. The third-order valence-corrected chi connectivity index (χ3v) is 3.69. The first-order chi connectivity index (χ1) is 8.61. The third kappa shape index (κ3) is 2.65. The van der Waals surface area contributed by atoms with E-state index >= 15 is 0 Å². The van der Waals surface area contributed by atoms with Gasteiger partial charge in [0.25, 0.3) is 0 Å². The summed E-state index contributed by atoms with van der Waals surface area (Å²) in [6.45, 7) is 1.76. The molecule has 0 saturated carbocycles. The first-order valence-electron chi connectivity index (χ1n) is 4.97. The van der Waals surface area contributed by atoms with Crippen LogP contribution >= 0.6 is 22.9 Å². The third-order valence-electron chi connectivity index (χ3n) is 2.09. The van der Waals surface area contributed by atoms with Gasteiger partial charge in [0, 0.05) is 11.8 Å². The Morgan fingerprint density at radius 2 is 2.28 bits per heavy atom. The largest absolute Gasteiger partial charge is 0.399 e. The zero-order valence-corrected chi connectivity index (χ0v) is 11.2. The quantitative estimate of drug-likeness (QED) is 0.642. The molecule has 0 N–H and O–H groups in total. The zero-order valence-electron chi connectivity index (χ0n) is 9.65. The molecular formula is C11H9ClFN3OS. The van der Waals surface area contributed by atoms with E-state index in [1.165, 1.54) is 30.7 Å². The van der Waals surface area contributed by atoms with E-state index in [1.807, 2.05) is 0 Å². The standard InChI is InChI=1S/C11H9ClFN3OS/c1-6(16-17-2)9-10(12)15-11(18-9)7-3-8(13)5-14-4-7/h3-5H,1-2H3/b16-6+. The molecule has 0 aromatic carbocycles. The summed E-state index contributed by atoms with van der Waals surface area (Å²) in [4.78, 5) is 13.3. The van der Waals surface area contributed by atoms with Gasteiger partial charge in [-0.2, -0.15) is 0 Å². The molecule has 0 radical (unpaired) electrons. The zero-order chi connectivity index (χ0) is 13.1. The summed E-state index contributed by atoms with van der Waals surface area (Å²) in [5.74, 6) is -0.414. The van der Waals surface area contributed by atoms with Crippen molar-refractivity contribution >= 4 is 28.6 Å². The Balaban J connectivity index is 2.43. The molecule has 7 heteroatoms. The van der Waals surface area contributed by atoms with Crippen LogP contribution in [0.25, 0.3) is 10.6 Å². The Bertz CT molecular complexity index is 600. The van der Waals surface area contributed by atoms with E-state index in [0.29, 0.717) is 26.3 Å². The summed E-state index contributed by atoms with van der Waals surface area (Å²) in [5.41, 5.74) is 1.20. The van der Waals surface area contributed by atoms with Gasteiger partial charge in [0.2, 0.25) is 0 Å². The molecule has 2 rings (SSSR count). The Morgan fingerprint density at radius 3 is 2.94 bits per heavy atom. The summed E-state index contributed by atoms with van der Waals surface area (Å²) < 4.78 is 13.1. The maximum Gasteiger partial charge on any atom is 0.149 e. The fourth-order valence-corrected chi connectivity index (χ4v) is 2.62. The number of rotatable bonds is 3. The first kappa shape index (κ1) is 12.9. The van der Waals surface area contributed by atoms with Gasteiger partial charge in [-0.15, -0.1) is 11.3 Å². The topological polar surface area (TPSA) is 47.4 Å². The summed E-state index contributed by atoms with van der Waals surface area (Å²) in [6, 6.07) is 1.36. The highest BCUT2D eigenvalue weighted by atomic mass is 35.5. The molecule has 0 atom stereocenters. The van der Waals surface area contributed by atoms with Gasteiger partial charge in [-0.05, 0) is 13.0 Å². The molecule has 0 fully saturated rings. The summed E-state index contributed by atoms with van der Waals surface area (Å²) in [6.07, 6.45) is 2.67. The van der Waals surface area contributed by atoms with Crippen LogP contribution in [0, 0.1) is 5.82 Å². The fourth-order valence-electron chi connectivity index (χ4n) is 1.36. The Morgan fingerprint density at radius 1 is 1.50 bits per heavy atom. The minimum absolute atomic E-state index is 0.317. The van der Waals surface area contributed by atoms with Crippen LogP contribution in [0.15, 0.2) is 23.6 Å². The van der Waals surface area contributed by atoms with Gasteiger partial charge >= 0.3 is 0 Å².